The molecule has 0 aliphatic heterocycles. The van der Waals surface area contributed by atoms with E-state index in [-0.39, 0.29) is 10.9 Å². The molecule has 0 radical (unpaired) electrons. The fraction of sp³-hybridized carbons (Fsp3) is 0.222. The number of rotatable bonds is 3. The number of carbonyl (C=O) groups excluding carboxylic acids is 2. The minimum Gasteiger partial charge on any atom is -0.482 e. The Kier molecular flexibility index (Phi) is 4.49. The van der Waals surface area contributed by atoms with E-state index in [4.69, 9.17) is 16.3 Å². The second kappa shape index (κ2) is 5.67. The van der Waals surface area contributed by atoms with Gasteiger partial charge in [0.15, 0.2) is 6.61 Å². The Morgan fingerprint density at radius 1 is 1.39 bits per heavy atom. The zero-order valence-electron chi connectivity index (χ0n) is 8.53. The van der Waals surface area contributed by atoms with Crippen molar-refractivity contribution in [3.8, 4) is 5.75 Å². The number of hydrogen-bond acceptors (Lipinski definition) is 5. The van der Waals surface area contributed by atoms with E-state index >= 15 is 0 Å². The predicted molar refractivity (Wildman–Crippen MR) is 51.9 cm³/mol. The van der Waals surface area contributed by atoms with Gasteiger partial charge in [-0.15, -0.1) is 0 Å². The number of ether oxygens (including phenoxy) is 2. The fourth-order valence-electron chi connectivity index (χ4n) is 0.807. The van der Waals surface area contributed by atoms with E-state index in [1.54, 1.807) is 0 Å². The van der Waals surface area contributed by atoms with Gasteiger partial charge >= 0.3 is 18.1 Å². The first-order chi connectivity index (χ1) is 8.29. The van der Waals surface area contributed by atoms with Crippen molar-refractivity contribution in [2.24, 2.45) is 0 Å². The van der Waals surface area contributed by atoms with E-state index in [9.17, 15) is 22.8 Å². The fourth-order valence-corrected chi connectivity index (χ4v) is 0.971. The number of aromatic nitrogens is 1. The molecule has 0 atom stereocenters. The standard InChI is InChI=1S/C9H5ClF3NO4/c10-6-3-5(1-2-14-6)17-4-7(15)18-8(16)9(11,12)13/h1-3H,4H2. The van der Waals surface area contributed by atoms with Crippen LogP contribution in [0.25, 0.3) is 0 Å². The SMILES string of the molecule is O=C(COc1ccnc(Cl)c1)OC(=O)C(F)(F)F. The molecule has 1 rings (SSSR count). The number of esters is 2. The lowest BCUT2D eigenvalue weighted by molar-refractivity contribution is -0.202. The van der Waals surface area contributed by atoms with E-state index < -0.39 is 24.7 Å². The van der Waals surface area contributed by atoms with Gasteiger partial charge < -0.3 is 9.47 Å². The summed E-state index contributed by atoms with van der Waals surface area (Å²) in [4.78, 5) is 24.7. The molecule has 5 nitrogen and oxygen atoms in total. The summed E-state index contributed by atoms with van der Waals surface area (Å²) >= 11 is 5.49. The van der Waals surface area contributed by atoms with Gasteiger partial charge in [0.25, 0.3) is 0 Å². The first kappa shape index (κ1) is 14.2. The molecule has 0 N–H and O–H groups in total. The number of nitrogens with zero attached hydrogens (tertiary/aromatic N) is 1. The zero-order chi connectivity index (χ0) is 13.8. The van der Waals surface area contributed by atoms with Crippen molar-refractivity contribution in [2.75, 3.05) is 6.61 Å². The average molecular weight is 284 g/mol. The lowest BCUT2D eigenvalue weighted by Crippen LogP contribution is -2.30. The van der Waals surface area contributed by atoms with Gasteiger partial charge in [-0.2, -0.15) is 13.2 Å². The molecule has 1 heterocycles. The third kappa shape index (κ3) is 4.58. The highest BCUT2D eigenvalue weighted by Crippen LogP contribution is 2.17. The first-order valence-corrected chi connectivity index (χ1v) is 4.73. The molecular weight excluding hydrogens is 279 g/mol. The lowest BCUT2D eigenvalue weighted by Gasteiger charge is -2.07. The third-order valence-corrected chi connectivity index (χ3v) is 1.70. The summed E-state index contributed by atoms with van der Waals surface area (Å²) < 4.78 is 43.4. The van der Waals surface area contributed by atoms with Crippen LogP contribution < -0.4 is 4.74 Å². The molecule has 18 heavy (non-hydrogen) atoms. The lowest BCUT2D eigenvalue weighted by atomic mass is 10.4. The molecule has 0 bridgehead atoms. The van der Waals surface area contributed by atoms with Crippen LogP contribution in [0.2, 0.25) is 5.15 Å². The Morgan fingerprint density at radius 2 is 2.06 bits per heavy atom. The van der Waals surface area contributed by atoms with Crippen LogP contribution in [0.1, 0.15) is 0 Å². The van der Waals surface area contributed by atoms with E-state index in [0.29, 0.717) is 0 Å². The van der Waals surface area contributed by atoms with Crippen molar-refractivity contribution < 1.29 is 32.2 Å². The quantitative estimate of drug-likeness (QED) is 0.480. The highest BCUT2D eigenvalue weighted by molar-refractivity contribution is 6.29. The van der Waals surface area contributed by atoms with Crippen LogP contribution in [-0.4, -0.2) is 29.7 Å². The summed E-state index contributed by atoms with van der Waals surface area (Å²) in [5, 5.41) is 0.0761. The van der Waals surface area contributed by atoms with E-state index in [1.807, 2.05) is 0 Å². The molecule has 1 aromatic rings. The van der Waals surface area contributed by atoms with Gasteiger partial charge in [-0.3, -0.25) is 0 Å². The zero-order valence-corrected chi connectivity index (χ0v) is 9.29. The molecule has 0 spiro atoms. The van der Waals surface area contributed by atoms with Crippen LogP contribution in [0.5, 0.6) is 5.75 Å². The minimum atomic E-state index is -5.23. The Morgan fingerprint density at radius 3 is 2.61 bits per heavy atom. The van der Waals surface area contributed by atoms with Gasteiger partial charge in [-0.05, 0) is 6.07 Å². The summed E-state index contributed by atoms with van der Waals surface area (Å²) in [5.74, 6) is -3.96. The number of alkyl halides is 3. The van der Waals surface area contributed by atoms with Gasteiger partial charge in [-0.1, -0.05) is 11.6 Å². The van der Waals surface area contributed by atoms with Crippen LogP contribution in [0, 0.1) is 0 Å². The number of halogens is 4. The van der Waals surface area contributed by atoms with Gasteiger partial charge in [0.05, 0.1) is 0 Å². The predicted octanol–water partition coefficient (Wildman–Crippen LogP) is 1.75. The number of hydrogen-bond donors (Lipinski definition) is 0. The van der Waals surface area contributed by atoms with Gasteiger partial charge in [0.2, 0.25) is 0 Å². The maximum atomic E-state index is 11.7. The Balaban J connectivity index is 2.45. The Labute approximate surface area is 103 Å². The maximum Gasteiger partial charge on any atom is 0.491 e. The third-order valence-electron chi connectivity index (χ3n) is 1.49. The molecule has 0 aliphatic carbocycles. The number of pyridine rings is 1. The van der Waals surface area contributed by atoms with Crippen LogP contribution in [0.4, 0.5) is 13.2 Å². The molecule has 1 aromatic heterocycles. The molecule has 0 aromatic carbocycles. The normalized spacial score (nSPS) is 10.9. The minimum absolute atomic E-state index is 0.0761. The molecule has 0 saturated carbocycles. The van der Waals surface area contributed by atoms with Crippen LogP contribution in [0.15, 0.2) is 18.3 Å². The molecule has 0 amide bonds. The summed E-state index contributed by atoms with van der Waals surface area (Å²) in [6.07, 6.45) is -3.96. The van der Waals surface area contributed by atoms with Crippen LogP contribution in [0.3, 0.4) is 0 Å². The van der Waals surface area contributed by atoms with Crippen molar-refractivity contribution in [1.82, 2.24) is 4.98 Å². The van der Waals surface area contributed by atoms with Gasteiger partial charge in [-0.25, -0.2) is 14.6 Å². The van der Waals surface area contributed by atoms with Crippen molar-refractivity contribution in [1.29, 1.82) is 0 Å². The molecule has 0 fully saturated rings. The Bertz CT molecular complexity index is 463. The molecule has 0 unspecified atom stereocenters. The first-order valence-electron chi connectivity index (χ1n) is 4.35. The molecule has 98 valence electrons. The second-order valence-electron chi connectivity index (χ2n) is 2.86. The molecule has 0 saturated heterocycles. The molecule has 9 heteroatoms. The topological polar surface area (TPSA) is 65.5 Å². The van der Waals surface area contributed by atoms with Crippen LogP contribution >= 0.6 is 11.6 Å². The van der Waals surface area contributed by atoms with Crippen molar-refractivity contribution in [3.05, 3.63) is 23.5 Å². The molecular formula is C9H5ClF3NO4. The molecule has 0 aliphatic rings. The summed E-state index contributed by atoms with van der Waals surface area (Å²) in [6.45, 7) is -0.859. The van der Waals surface area contributed by atoms with E-state index in [2.05, 4.69) is 9.72 Å². The Hall–Kier alpha value is -1.83. The second-order valence-corrected chi connectivity index (χ2v) is 3.25. The van der Waals surface area contributed by atoms with Crippen molar-refractivity contribution in [3.63, 3.8) is 0 Å². The maximum absolute atomic E-state index is 11.7. The smallest absolute Gasteiger partial charge is 0.482 e. The summed E-state index contributed by atoms with van der Waals surface area (Å²) in [6, 6.07) is 2.56. The van der Waals surface area contributed by atoms with Gasteiger partial charge in [0, 0.05) is 12.3 Å². The van der Waals surface area contributed by atoms with E-state index in [1.165, 1.54) is 18.3 Å². The van der Waals surface area contributed by atoms with Crippen molar-refractivity contribution >= 4 is 23.5 Å². The van der Waals surface area contributed by atoms with Gasteiger partial charge in [0.1, 0.15) is 10.9 Å². The summed E-state index contributed by atoms with van der Waals surface area (Å²) in [5.41, 5.74) is 0. The van der Waals surface area contributed by atoms with Crippen molar-refractivity contribution in [2.45, 2.75) is 6.18 Å². The monoisotopic (exact) mass is 283 g/mol. The van der Waals surface area contributed by atoms with Crippen LogP contribution in [-0.2, 0) is 14.3 Å². The summed E-state index contributed by atoms with van der Waals surface area (Å²) in [7, 11) is 0. The highest BCUT2D eigenvalue weighted by Gasteiger charge is 2.42. The number of carbonyl (C=O) groups is 2. The highest BCUT2D eigenvalue weighted by atomic mass is 35.5. The average Bonchev–Trinajstić information content (AvgIpc) is 2.25. The largest absolute Gasteiger partial charge is 0.491 e. The van der Waals surface area contributed by atoms with E-state index in [0.717, 1.165) is 0 Å².